The van der Waals surface area contributed by atoms with E-state index in [0.29, 0.717) is 0 Å². The molecule has 0 bridgehead atoms. The van der Waals surface area contributed by atoms with Gasteiger partial charge in [-0.05, 0) is 6.42 Å². The van der Waals surface area contributed by atoms with Crippen molar-refractivity contribution in [2.24, 2.45) is 0 Å². The van der Waals surface area contributed by atoms with Crippen molar-refractivity contribution in [3.63, 3.8) is 0 Å². The minimum atomic E-state index is 0. The molecule has 0 spiro atoms. The first-order valence-electron chi connectivity index (χ1n) is 5.36. The maximum absolute atomic E-state index is 3.20. The van der Waals surface area contributed by atoms with Crippen LogP contribution in [0.25, 0.3) is 0 Å². The second-order valence-electron chi connectivity index (χ2n) is 2.95. The van der Waals surface area contributed by atoms with Crippen molar-refractivity contribution in [3.8, 4) is 0 Å². The summed E-state index contributed by atoms with van der Waals surface area (Å²) in [6.45, 7) is 4.00. The van der Waals surface area contributed by atoms with Gasteiger partial charge >= 0.3 is 0 Å². The second kappa shape index (κ2) is 9.75. The van der Waals surface area contributed by atoms with Crippen molar-refractivity contribution in [2.45, 2.75) is 20.3 Å². The first-order chi connectivity index (χ1) is 7.45. The molecule has 1 heteroatoms. The molecule has 2 rings (SSSR count). The summed E-state index contributed by atoms with van der Waals surface area (Å²) in [6.07, 6.45) is 0.918. The van der Waals surface area contributed by atoms with Crippen LogP contribution in [0.15, 0.2) is 48.5 Å². The Morgan fingerprint density at radius 2 is 1.25 bits per heavy atom. The molecule has 0 heterocycles. The van der Waals surface area contributed by atoms with Gasteiger partial charge in [0.2, 0.25) is 0 Å². The zero-order chi connectivity index (χ0) is 10.9. The van der Waals surface area contributed by atoms with Crippen molar-refractivity contribution in [1.29, 1.82) is 0 Å². The molecule has 0 aliphatic carbocycles. The Balaban J connectivity index is 0.000000711. The quantitative estimate of drug-likeness (QED) is 0.734. The summed E-state index contributed by atoms with van der Waals surface area (Å²) < 4.78 is 0. The minimum absolute atomic E-state index is 0. The van der Waals surface area contributed by atoms with E-state index in [2.05, 4.69) is 24.3 Å². The summed E-state index contributed by atoms with van der Waals surface area (Å²) in [5, 5.41) is 0. The third-order valence-corrected chi connectivity index (χ3v) is 1.93. The van der Waals surface area contributed by atoms with Crippen LogP contribution in [0, 0.1) is 12.1 Å². The van der Waals surface area contributed by atoms with Gasteiger partial charge in [0.15, 0.2) is 0 Å². The number of hydrogen-bond donors (Lipinski definition) is 0. The van der Waals surface area contributed by atoms with E-state index in [1.165, 1.54) is 11.1 Å². The topological polar surface area (TPSA) is 0 Å². The summed E-state index contributed by atoms with van der Waals surface area (Å²) in [4.78, 5) is 0. The Bertz CT molecular complexity index is 316. The van der Waals surface area contributed by atoms with Crippen molar-refractivity contribution < 1.29 is 32.7 Å². The Kier molecular flexibility index (Phi) is 9.47. The van der Waals surface area contributed by atoms with Crippen molar-refractivity contribution in [2.75, 3.05) is 0 Å². The van der Waals surface area contributed by atoms with Gasteiger partial charge in [0.1, 0.15) is 0 Å². The smallest absolute Gasteiger partial charge is 0 e. The SMILES string of the molecule is CC.[Y].[c-]1ccccc1Cc1[c-]cccc1. The minimum Gasteiger partial charge on any atom is -0.180 e. The molecule has 0 saturated heterocycles. The molecule has 0 aliphatic rings. The molecule has 81 valence electrons. The molecule has 0 atom stereocenters. The molecular weight excluding hydrogens is 269 g/mol. The van der Waals surface area contributed by atoms with Crippen LogP contribution in [-0.4, -0.2) is 0 Å². The summed E-state index contributed by atoms with van der Waals surface area (Å²) in [5.41, 5.74) is 2.43. The Morgan fingerprint density at radius 3 is 1.56 bits per heavy atom. The molecule has 0 unspecified atom stereocenters. The Morgan fingerprint density at radius 1 is 0.812 bits per heavy atom. The second-order valence-corrected chi connectivity index (χ2v) is 2.95. The van der Waals surface area contributed by atoms with Crippen LogP contribution in [-0.2, 0) is 39.1 Å². The zero-order valence-corrected chi connectivity index (χ0v) is 12.7. The molecule has 16 heavy (non-hydrogen) atoms. The predicted molar refractivity (Wildman–Crippen MR) is 64.7 cm³/mol. The number of hydrogen-bond acceptors (Lipinski definition) is 0. The molecule has 0 N–H and O–H groups in total. The van der Waals surface area contributed by atoms with Crippen molar-refractivity contribution in [1.82, 2.24) is 0 Å². The van der Waals surface area contributed by atoms with E-state index >= 15 is 0 Å². The van der Waals surface area contributed by atoms with E-state index in [9.17, 15) is 0 Å². The van der Waals surface area contributed by atoms with Gasteiger partial charge in [-0.1, -0.05) is 13.8 Å². The van der Waals surface area contributed by atoms with Crippen LogP contribution in [0.5, 0.6) is 0 Å². The van der Waals surface area contributed by atoms with E-state index in [1.54, 1.807) is 0 Å². The molecule has 0 fully saturated rings. The van der Waals surface area contributed by atoms with Crippen molar-refractivity contribution in [3.05, 3.63) is 71.8 Å². The van der Waals surface area contributed by atoms with Crippen LogP contribution >= 0.6 is 0 Å². The average Bonchev–Trinajstić information content (AvgIpc) is 2.34. The van der Waals surface area contributed by atoms with Crippen molar-refractivity contribution >= 4 is 0 Å². The van der Waals surface area contributed by atoms with Gasteiger partial charge < -0.3 is 0 Å². The van der Waals surface area contributed by atoms with E-state index in [4.69, 9.17) is 0 Å². The van der Waals surface area contributed by atoms with Gasteiger partial charge in [-0.25, -0.2) is 0 Å². The van der Waals surface area contributed by atoms with E-state index in [-0.39, 0.29) is 32.7 Å². The average molecular weight is 285 g/mol. The summed E-state index contributed by atoms with van der Waals surface area (Å²) in [7, 11) is 0. The van der Waals surface area contributed by atoms with E-state index in [1.807, 2.05) is 50.2 Å². The summed E-state index contributed by atoms with van der Waals surface area (Å²) >= 11 is 0. The monoisotopic (exact) mass is 285 g/mol. The molecular formula is C15H16Y-2. The Hall–Kier alpha value is -0.456. The first-order valence-corrected chi connectivity index (χ1v) is 5.36. The molecule has 0 nitrogen and oxygen atoms in total. The first kappa shape index (κ1) is 15.5. The van der Waals surface area contributed by atoms with Crippen LogP contribution in [0.2, 0.25) is 0 Å². The molecule has 0 aromatic heterocycles. The molecule has 2 aromatic carbocycles. The van der Waals surface area contributed by atoms with Gasteiger partial charge in [-0.3, -0.25) is 0 Å². The maximum atomic E-state index is 3.20. The van der Waals surface area contributed by atoms with Crippen LogP contribution in [0.4, 0.5) is 0 Å². The normalized spacial score (nSPS) is 8.38. The largest absolute Gasteiger partial charge is 0.180 e. The summed E-state index contributed by atoms with van der Waals surface area (Å²) in [6, 6.07) is 22.5. The molecule has 1 radical (unpaired) electrons. The zero-order valence-electron chi connectivity index (χ0n) is 9.90. The summed E-state index contributed by atoms with van der Waals surface area (Å²) in [5.74, 6) is 0. The van der Waals surface area contributed by atoms with Gasteiger partial charge in [0.25, 0.3) is 0 Å². The number of benzene rings is 2. The number of rotatable bonds is 2. The van der Waals surface area contributed by atoms with Crippen LogP contribution < -0.4 is 0 Å². The standard InChI is InChI=1S/C13H10.C2H6.Y/c1-3-7-12(8-4-1)11-13-9-5-2-6-10-13;1-2;/h1-7,9H,11H2;1-2H3;/q-2;;. The Labute approximate surface area is 124 Å². The fourth-order valence-corrected chi connectivity index (χ4v) is 1.29. The van der Waals surface area contributed by atoms with E-state index in [0.717, 1.165) is 6.42 Å². The fraction of sp³-hybridized carbons (Fsp3) is 0.200. The third kappa shape index (κ3) is 5.58. The molecule has 2 aromatic rings. The molecule has 0 saturated carbocycles. The predicted octanol–water partition coefficient (Wildman–Crippen LogP) is 3.90. The van der Waals surface area contributed by atoms with Gasteiger partial charge in [0, 0.05) is 32.7 Å². The van der Waals surface area contributed by atoms with E-state index < -0.39 is 0 Å². The fourth-order valence-electron chi connectivity index (χ4n) is 1.29. The molecule has 0 amide bonds. The van der Waals surface area contributed by atoms with Gasteiger partial charge in [-0.2, -0.15) is 71.8 Å². The van der Waals surface area contributed by atoms with Gasteiger partial charge in [0.05, 0.1) is 0 Å². The molecule has 0 aliphatic heterocycles. The van der Waals surface area contributed by atoms with Gasteiger partial charge in [-0.15, -0.1) is 0 Å². The third-order valence-electron chi connectivity index (χ3n) is 1.93. The van der Waals surface area contributed by atoms with Crippen LogP contribution in [0.3, 0.4) is 0 Å². The maximum Gasteiger partial charge on any atom is 0 e. The van der Waals surface area contributed by atoms with Crippen LogP contribution in [0.1, 0.15) is 25.0 Å².